The van der Waals surface area contributed by atoms with Crippen LogP contribution in [0.2, 0.25) is 0 Å². The molecule has 0 saturated heterocycles. The first-order valence-corrected chi connectivity index (χ1v) is 7.68. The second-order valence-corrected chi connectivity index (χ2v) is 6.24. The topological polar surface area (TPSA) is 64.9 Å². The van der Waals surface area contributed by atoms with E-state index in [4.69, 9.17) is 0 Å². The van der Waals surface area contributed by atoms with E-state index in [1.165, 1.54) is 29.0 Å². The molecule has 2 amide bonds. The predicted molar refractivity (Wildman–Crippen MR) is 79.6 cm³/mol. The van der Waals surface area contributed by atoms with Gasteiger partial charge in [-0.3, -0.25) is 4.57 Å². The van der Waals surface area contributed by atoms with Crippen molar-refractivity contribution >= 4 is 17.4 Å². The molecule has 1 aliphatic heterocycles. The third-order valence-electron chi connectivity index (χ3n) is 3.20. The molecule has 6 nitrogen and oxygen atoms in total. The summed E-state index contributed by atoms with van der Waals surface area (Å²) in [6.45, 7) is 1.76. The van der Waals surface area contributed by atoms with Gasteiger partial charge in [-0.25, -0.2) is 4.79 Å². The number of halogens is 4. The second kappa shape index (κ2) is 5.76. The Bertz CT molecular complexity index is 907. The van der Waals surface area contributed by atoms with Crippen LogP contribution in [-0.4, -0.2) is 29.9 Å². The molecule has 0 unspecified atom stereocenters. The minimum Gasteiger partial charge on any atom is -0.421 e. The molecule has 134 valence electrons. The molecular weight excluding hydrogens is 366 g/mol. The molecule has 3 rings (SSSR count). The van der Waals surface area contributed by atoms with Crippen LogP contribution < -0.4 is 19.6 Å². The number of carbonyl (C=O) groups is 1. The Morgan fingerprint density at radius 2 is 1.84 bits per heavy atom. The first-order valence-electron chi connectivity index (χ1n) is 6.86. The summed E-state index contributed by atoms with van der Waals surface area (Å²) in [6.07, 6.45) is -7.96. The van der Waals surface area contributed by atoms with Crippen LogP contribution >= 0.6 is 11.3 Å². The molecule has 0 fully saturated rings. The number of benzene rings is 1. The first kappa shape index (κ1) is 17.3. The monoisotopic (exact) mass is 377 g/mol. The van der Waals surface area contributed by atoms with E-state index in [1.807, 2.05) is 0 Å². The molecule has 1 aliphatic rings. The van der Waals surface area contributed by atoms with Gasteiger partial charge in [-0.1, -0.05) is 0 Å². The fraction of sp³-hybridized carbons (Fsp3) is 0.286. The smallest absolute Gasteiger partial charge is 0.421 e. The summed E-state index contributed by atoms with van der Waals surface area (Å²) in [5, 5.41) is 2.33. The van der Waals surface area contributed by atoms with Crippen molar-refractivity contribution in [3.63, 3.8) is 0 Å². The molecule has 0 saturated carbocycles. The summed E-state index contributed by atoms with van der Waals surface area (Å²) in [6, 6.07) is 2.95. The van der Waals surface area contributed by atoms with Crippen LogP contribution in [0.1, 0.15) is 4.88 Å². The number of ether oxygens (including phenoxy) is 2. The van der Waals surface area contributed by atoms with Crippen molar-refractivity contribution in [1.82, 2.24) is 9.88 Å². The number of nitrogens with zero attached hydrogens (tertiary/aromatic N) is 2. The van der Waals surface area contributed by atoms with Gasteiger partial charge in [-0.2, -0.15) is 22.6 Å². The van der Waals surface area contributed by atoms with E-state index in [-0.39, 0.29) is 10.5 Å². The summed E-state index contributed by atoms with van der Waals surface area (Å²) >= 11 is 1.19. The summed E-state index contributed by atoms with van der Waals surface area (Å²) in [4.78, 5) is 16.3. The zero-order valence-corrected chi connectivity index (χ0v) is 13.7. The van der Waals surface area contributed by atoms with Crippen molar-refractivity contribution in [2.75, 3.05) is 7.05 Å². The molecule has 0 spiro atoms. The number of fused-ring (bicyclic) bond motifs is 1. The normalized spacial score (nSPS) is 18.1. The van der Waals surface area contributed by atoms with Crippen LogP contribution in [0.4, 0.5) is 22.4 Å². The Balaban J connectivity index is 2.08. The van der Waals surface area contributed by atoms with E-state index in [9.17, 15) is 22.4 Å². The molecule has 2 heterocycles. The molecule has 1 N–H and O–H groups in total. The van der Waals surface area contributed by atoms with Crippen LogP contribution in [0.5, 0.6) is 11.5 Å². The number of aryl methyl sites for hydroxylation is 1. The van der Waals surface area contributed by atoms with Gasteiger partial charge in [0.15, 0.2) is 16.3 Å². The molecule has 1 aromatic carbocycles. The lowest BCUT2D eigenvalue weighted by Gasteiger charge is -2.31. The average molecular weight is 377 g/mol. The van der Waals surface area contributed by atoms with Crippen LogP contribution in [-0.2, 0) is 0 Å². The van der Waals surface area contributed by atoms with Gasteiger partial charge in [-0.05, 0) is 19.1 Å². The van der Waals surface area contributed by atoms with E-state index >= 15 is 0 Å². The van der Waals surface area contributed by atoms with Crippen molar-refractivity contribution in [1.29, 1.82) is 0 Å². The predicted octanol–water partition coefficient (Wildman–Crippen LogP) is 3.04. The molecule has 0 aliphatic carbocycles. The summed E-state index contributed by atoms with van der Waals surface area (Å²) in [5.74, 6) is -1.06. The van der Waals surface area contributed by atoms with Gasteiger partial charge in [0.05, 0.1) is 5.69 Å². The number of nitrogens with one attached hydrogen (secondary N) is 1. The maximum atomic E-state index is 13.3. The van der Waals surface area contributed by atoms with E-state index in [2.05, 4.69) is 19.8 Å². The van der Waals surface area contributed by atoms with Crippen LogP contribution in [0.15, 0.2) is 29.4 Å². The lowest BCUT2D eigenvalue weighted by molar-refractivity contribution is -0.391. The standard InChI is InChI=1S/C14H11F4N3O3S/c1-7-6-21(12(25-7)20-11(22)19-2)8-3-4-9-10(5-8)24-14(17,18)13(15,16)23-9/h3-6H,1-2H3,(H,19,22). The minimum atomic E-state index is -4.80. The van der Waals surface area contributed by atoms with Gasteiger partial charge in [0, 0.05) is 24.2 Å². The Morgan fingerprint density at radius 1 is 1.20 bits per heavy atom. The third-order valence-corrected chi connectivity index (χ3v) is 4.10. The lowest BCUT2D eigenvalue weighted by Crippen LogP contribution is -2.52. The van der Waals surface area contributed by atoms with E-state index in [1.54, 1.807) is 13.1 Å². The van der Waals surface area contributed by atoms with Crippen molar-refractivity contribution < 1.29 is 31.8 Å². The summed E-state index contributed by atoms with van der Waals surface area (Å²) < 4.78 is 62.6. The highest BCUT2D eigenvalue weighted by Gasteiger charge is 2.65. The third kappa shape index (κ3) is 3.06. The molecule has 0 atom stereocenters. The lowest BCUT2D eigenvalue weighted by atomic mass is 10.2. The van der Waals surface area contributed by atoms with Crippen LogP contribution in [0, 0.1) is 6.92 Å². The van der Waals surface area contributed by atoms with Crippen molar-refractivity contribution in [3.05, 3.63) is 34.1 Å². The number of amides is 2. The van der Waals surface area contributed by atoms with Crippen LogP contribution in [0.25, 0.3) is 5.69 Å². The summed E-state index contributed by atoms with van der Waals surface area (Å²) in [7, 11) is 1.41. The zero-order valence-electron chi connectivity index (χ0n) is 12.8. The fourth-order valence-corrected chi connectivity index (χ4v) is 2.90. The Kier molecular flexibility index (Phi) is 3.98. The Hall–Kier alpha value is -2.56. The molecule has 0 bridgehead atoms. The molecule has 1 aromatic heterocycles. The van der Waals surface area contributed by atoms with Crippen molar-refractivity contribution in [2.24, 2.45) is 4.99 Å². The Morgan fingerprint density at radius 3 is 2.48 bits per heavy atom. The van der Waals surface area contributed by atoms with Crippen molar-refractivity contribution in [3.8, 4) is 17.2 Å². The van der Waals surface area contributed by atoms with E-state index < -0.39 is 29.7 Å². The van der Waals surface area contributed by atoms with E-state index in [0.717, 1.165) is 17.0 Å². The molecular formula is C14H11F4N3O3S. The van der Waals surface area contributed by atoms with Gasteiger partial charge < -0.3 is 14.8 Å². The van der Waals surface area contributed by atoms with Gasteiger partial charge >= 0.3 is 18.2 Å². The van der Waals surface area contributed by atoms with Gasteiger partial charge in [0.2, 0.25) is 0 Å². The van der Waals surface area contributed by atoms with E-state index in [0.29, 0.717) is 0 Å². The number of hydrogen-bond acceptors (Lipinski definition) is 4. The van der Waals surface area contributed by atoms with Crippen LogP contribution in [0.3, 0.4) is 0 Å². The molecule has 11 heteroatoms. The number of aromatic nitrogens is 1. The maximum Gasteiger partial charge on any atom is 0.507 e. The molecule has 2 aromatic rings. The maximum absolute atomic E-state index is 13.3. The Labute approximate surface area is 142 Å². The number of urea groups is 1. The first-order chi connectivity index (χ1) is 11.6. The highest BCUT2D eigenvalue weighted by Crippen LogP contribution is 2.47. The number of hydrogen-bond donors (Lipinski definition) is 1. The quantitative estimate of drug-likeness (QED) is 0.777. The summed E-state index contributed by atoms with van der Waals surface area (Å²) in [5.41, 5.74) is 0.287. The second-order valence-electron chi connectivity index (χ2n) is 5.03. The number of carbonyl (C=O) groups excluding carboxylic acids is 1. The zero-order chi connectivity index (χ0) is 18.4. The SMILES string of the molecule is CNC(=O)N=c1sc(C)cn1-c1ccc2c(c1)OC(F)(F)C(F)(F)O2. The average Bonchev–Trinajstić information content (AvgIpc) is 2.87. The minimum absolute atomic E-state index is 0.269. The van der Waals surface area contributed by atoms with Gasteiger partial charge in [0.25, 0.3) is 0 Å². The fourth-order valence-electron chi connectivity index (χ4n) is 2.07. The van der Waals surface area contributed by atoms with Gasteiger partial charge in [0.1, 0.15) is 0 Å². The largest absolute Gasteiger partial charge is 0.507 e. The van der Waals surface area contributed by atoms with Crippen molar-refractivity contribution in [2.45, 2.75) is 19.1 Å². The number of rotatable bonds is 1. The highest BCUT2D eigenvalue weighted by molar-refractivity contribution is 7.09. The number of thiazole rings is 1. The molecule has 25 heavy (non-hydrogen) atoms. The number of alkyl halides is 4. The van der Waals surface area contributed by atoms with Gasteiger partial charge in [-0.15, -0.1) is 11.3 Å². The highest BCUT2D eigenvalue weighted by atomic mass is 32.1. The molecule has 0 radical (unpaired) electrons.